The highest BCUT2D eigenvalue weighted by atomic mass is 19.1. The summed E-state index contributed by atoms with van der Waals surface area (Å²) in [4.78, 5) is 7.98. The van der Waals surface area contributed by atoms with Crippen LogP contribution in [0.1, 0.15) is 12.8 Å². The van der Waals surface area contributed by atoms with Crippen molar-refractivity contribution in [3.8, 4) is 11.5 Å². The maximum Gasteiger partial charge on any atom is 0.240 e. The fourth-order valence-corrected chi connectivity index (χ4v) is 1.17. The second kappa shape index (κ2) is 4.80. The van der Waals surface area contributed by atoms with Gasteiger partial charge in [0, 0.05) is 0 Å². The molecule has 0 atom stereocenters. The van der Waals surface area contributed by atoms with Gasteiger partial charge in [-0.1, -0.05) is 12.1 Å². The molecule has 1 N–H and O–H groups in total. The van der Waals surface area contributed by atoms with Gasteiger partial charge in [-0.25, -0.2) is 9.37 Å². The molecule has 0 aliphatic heterocycles. The van der Waals surface area contributed by atoms with Gasteiger partial charge in [0.05, 0.1) is 12.7 Å². The highest BCUT2D eigenvalue weighted by Gasteiger charge is 2.08. The minimum Gasteiger partial charge on any atom is -0.337 e. The van der Waals surface area contributed by atoms with Gasteiger partial charge in [0.25, 0.3) is 0 Å². The molecule has 84 valence electrons. The molecular formula is C10H11FN4O. The lowest BCUT2D eigenvalue weighted by Crippen LogP contribution is -2.11. The van der Waals surface area contributed by atoms with Gasteiger partial charge >= 0.3 is 0 Å². The first kappa shape index (κ1) is 10.7. The van der Waals surface area contributed by atoms with Crippen LogP contribution in [0.25, 0.3) is 11.5 Å². The van der Waals surface area contributed by atoms with Crippen molar-refractivity contribution in [2.45, 2.75) is 13.5 Å². The maximum atomic E-state index is 12.6. The van der Waals surface area contributed by atoms with E-state index in [9.17, 15) is 4.39 Å². The molecule has 0 radical (unpaired) electrons. The Balaban J connectivity index is 2.15. The summed E-state index contributed by atoms with van der Waals surface area (Å²) in [6.45, 7) is 3.33. The van der Waals surface area contributed by atoms with Crippen LogP contribution in [0.5, 0.6) is 0 Å². The Hall–Kier alpha value is -1.82. The fraction of sp³-hybridized carbons (Fsp3) is 0.300. The third-order valence-corrected chi connectivity index (χ3v) is 1.95. The minimum absolute atomic E-state index is 0.368. The summed E-state index contributed by atoms with van der Waals surface area (Å²) >= 11 is 0. The Morgan fingerprint density at radius 2 is 2.31 bits per heavy atom. The fourth-order valence-electron chi connectivity index (χ4n) is 1.17. The molecule has 6 heteroatoms. The Morgan fingerprint density at radius 1 is 1.44 bits per heavy atom. The molecule has 16 heavy (non-hydrogen) atoms. The number of nitrogens with zero attached hydrogens (tertiary/aromatic N) is 3. The van der Waals surface area contributed by atoms with Gasteiger partial charge in [0.2, 0.25) is 11.7 Å². The van der Waals surface area contributed by atoms with E-state index < -0.39 is 0 Å². The molecule has 2 heterocycles. The Labute approximate surface area is 91.7 Å². The molecular weight excluding hydrogens is 211 g/mol. The average molecular weight is 222 g/mol. The van der Waals surface area contributed by atoms with Crippen molar-refractivity contribution in [2.75, 3.05) is 6.54 Å². The van der Waals surface area contributed by atoms with Crippen molar-refractivity contribution >= 4 is 0 Å². The predicted molar refractivity (Wildman–Crippen MR) is 54.9 cm³/mol. The zero-order valence-corrected chi connectivity index (χ0v) is 8.77. The van der Waals surface area contributed by atoms with Gasteiger partial charge in [-0.3, -0.25) is 0 Å². The number of hydrogen-bond donors (Lipinski definition) is 1. The molecule has 5 nitrogen and oxygen atoms in total. The molecule has 0 unspecified atom stereocenters. The summed E-state index contributed by atoms with van der Waals surface area (Å²) in [6, 6.07) is 2.82. The first-order valence-corrected chi connectivity index (χ1v) is 4.95. The van der Waals surface area contributed by atoms with Crippen molar-refractivity contribution in [1.82, 2.24) is 20.4 Å². The third-order valence-electron chi connectivity index (χ3n) is 1.95. The molecule has 0 amide bonds. The second-order valence-corrected chi connectivity index (χ2v) is 3.15. The van der Waals surface area contributed by atoms with E-state index in [0.29, 0.717) is 24.0 Å². The van der Waals surface area contributed by atoms with Gasteiger partial charge in [0.1, 0.15) is 11.5 Å². The lowest BCUT2D eigenvalue weighted by Gasteiger charge is -1.93. The van der Waals surface area contributed by atoms with Crippen LogP contribution in [0.3, 0.4) is 0 Å². The predicted octanol–water partition coefficient (Wildman–Crippen LogP) is 1.38. The van der Waals surface area contributed by atoms with Crippen molar-refractivity contribution < 1.29 is 8.91 Å². The van der Waals surface area contributed by atoms with Crippen LogP contribution in [-0.2, 0) is 6.54 Å². The summed E-state index contributed by atoms with van der Waals surface area (Å²) in [5, 5.41) is 6.82. The summed E-state index contributed by atoms with van der Waals surface area (Å²) in [5.74, 6) is 0.469. The molecule has 2 aromatic heterocycles. The van der Waals surface area contributed by atoms with E-state index in [0.717, 1.165) is 12.7 Å². The van der Waals surface area contributed by atoms with Crippen molar-refractivity contribution in [3.05, 3.63) is 30.0 Å². The van der Waals surface area contributed by atoms with Crippen LogP contribution in [0.2, 0.25) is 0 Å². The summed E-state index contributed by atoms with van der Waals surface area (Å²) in [5.41, 5.74) is 0.493. The van der Waals surface area contributed by atoms with E-state index in [-0.39, 0.29) is 5.82 Å². The van der Waals surface area contributed by atoms with E-state index in [1.54, 1.807) is 0 Å². The number of pyridine rings is 1. The van der Waals surface area contributed by atoms with E-state index >= 15 is 0 Å². The molecule has 0 saturated heterocycles. The minimum atomic E-state index is -0.389. The normalized spacial score (nSPS) is 10.6. The van der Waals surface area contributed by atoms with Crippen molar-refractivity contribution in [3.63, 3.8) is 0 Å². The lowest BCUT2D eigenvalue weighted by atomic mass is 10.3. The standard InChI is InChI=1S/C10H11FN4O/c1-2-12-6-9-14-10(15-16-9)8-4-3-7(11)5-13-8/h3-5,12H,2,6H2,1H3. The molecule has 0 aromatic carbocycles. The lowest BCUT2D eigenvalue weighted by molar-refractivity contribution is 0.369. The SMILES string of the molecule is CCNCc1nc(-c2ccc(F)cn2)no1. The van der Waals surface area contributed by atoms with Crippen LogP contribution in [0.4, 0.5) is 4.39 Å². The molecule has 2 rings (SSSR count). The zero-order valence-electron chi connectivity index (χ0n) is 8.77. The Bertz CT molecular complexity index is 454. The highest BCUT2D eigenvalue weighted by Crippen LogP contribution is 2.12. The highest BCUT2D eigenvalue weighted by molar-refractivity contribution is 5.47. The first-order chi connectivity index (χ1) is 7.79. The quantitative estimate of drug-likeness (QED) is 0.846. The number of rotatable bonds is 4. The van der Waals surface area contributed by atoms with E-state index in [1.165, 1.54) is 12.1 Å². The largest absolute Gasteiger partial charge is 0.337 e. The second-order valence-electron chi connectivity index (χ2n) is 3.15. The third kappa shape index (κ3) is 2.40. The monoisotopic (exact) mass is 222 g/mol. The van der Waals surface area contributed by atoms with Gasteiger partial charge in [-0.15, -0.1) is 0 Å². The van der Waals surface area contributed by atoms with Crippen LogP contribution >= 0.6 is 0 Å². The summed E-state index contributed by atoms with van der Waals surface area (Å²) in [6.07, 6.45) is 1.12. The molecule has 2 aromatic rings. The Kier molecular flexibility index (Phi) is 3.21. The smallest absolute Gasteiger partial charge is 0.240 e. The summed E-state index contributed by atoms with van der Waals surface area (Å²) in [7, 11) is 0. The van der Waals surface area contributed by atoms with E-state index in [1.807, 2.05) is 6.92 Å². The number of aromatic nitrogens is 3. The van der Waals surface area contributed by atoms with Crippen molar-refractivity contribution in [2.24, 2.45) is 0 Å². The maximum absolute atomic E-state index is 12.6. The van der Waals surface area contributed by atoms with Crippen LogP contribution < -0.4 is 5.32 Å². The topological polar surface area (TPSA) is 63.8 Å². The average Bonchev–Trinajstić information content (AvgIpc) is 2.76. The van der Waals surface area contributed by atoms with Gasteiger partial charge in [0.15, 0.2) is 0 Å². The van der Waals surface area contributed by atoms with Crippen LogP contribution in [0, 0.1) is 5.82 Å². The molecule has 0 spiro atoms. The Morgan fingerprint density at radius 3 is 3.00 bits per heavy atom. The van der Waals surface area contributed by atoms with Crippen LogP contribution in [-0.4, -0.2) is 21.7 Å². The van der Waals surface area contributed by atoms with Gasteiger partial charge in [-0.05, 0) is 18.7 Å². The van der Waals surface area contributed by atoms with Crippen LogP contribution in [0.15, 0.2) is 22.9 Å². The van der Waals surface area contributed by atoms with Gasteiger partial charge < -0.3 is 9.84 Å². The molecule has 0 bridgehead atoms. The molecule has 0 fully saturated rings. The number of hydrogen-bond acceptors (Lipinski definition) is 5. The van der Waals surface area contributed by atoms with E-state index in [2.05, 4.69) is 20.4 Å². The van der Waals surface area contributed by atoms with E-state index in [4.69, 9.17) is 4.52 Å². The number of nitrogens with one attached hydrogen (secondary N) is 1. The molecule has 0 aliphatic carbocycles. The molecule has 0 aliphatic rings. The zero-order chi connectivity index (χ0) is 11.4. The number of halogens is 1. The molecule has 0 saturated carbocycles. The first-order valence-electron chi connectivity index (χ1n) is 4.95. The summed E-state index contributed by atoms with van der Waals surface area (Å²) < 4.78 is 17.6. The van der Waals surface area contributed by atoms with Crippen molar-refractivity contribution in [1.29, 1.82) is 0 Å². The van der Waals surface area contributed by atoms with Gasteiger partial charge in [-0.2, -0.15) is 4.98 Å².